The zero-order valence-electron chi connectivity index (χ0n) is 27.9. The molecule has 0 radical (unpaired) electrons. The molecule has 0 spiro atoms. The van der Waals surface area contributed by atoms with Crippen molar-refractivity contribution in [2.45, 2.75) is 123 Å². The Morgan fingerprint density at radius 2 is 1.67 bits per heavy atom. The largest absolute Gasteiger partial charge is 0.232 e. The van der Waals surface area contributed by atoms with Crippen molar-refractivity contribution in [2.24, 2.45) is 5.41 Å². The van der Waals surface area contributed by atoms with Gasteiger partial charge >= 0.3 is 0 Å². The second kappa shape index (κ2) is 13.7. The first kappa shape index (κ1) is 31.4. The Hall–Kier alpha value is -3.00. The fourth-order valence-electron chi connectivity index (χ4n) is 8.83. The third kappa shape index (κ3) is 5.79. The Morgan fingerprint density at radius 1 is 0.953 bits per heavy atom. The van der Waals surface area contributed by atoms with Crippen LogP contribution in [0.1, 0.15) is 134 Å². The van der Waals surface area contributed by atoms with E-state index in [1.807, 2.05) is 0 Å². The molecule has 0 N–H and O–H groups in total. The summed E-state index contributed by atoms with van der Waals surface area (Å²) >= 11 is 0. The Kier molecular flexibility index (Phi) is 10.0. The van der Waals surface area contributed by atoms with Crippen LogP contribution in [0.25, 0.3) is 11.3 Å². The van der Waals surface area contributed by atoms with Gasteiger partial charge in [-0.1, -0.05) is 108 Å². The molecular formula is C41H56N2+2. The highest BCUT2D eigenvalue weighted by Gasteiger charge is 2.52. The van der Waals surface area contributed by atoms with Gasteiger partial charge in [-0.25, -0.2) is 4.58 Å². The molecule has 3 atom stereocenters. The number of aromatic nitrogens is 1. The Morgan fingerprint density at radius 3 is 2.40 bits per heavy atom. The third-order valence-electron chi connectivity index (χ3n) is 11.2. The van der Waals surface area contributed by atoms with E-state index in [-0.39, 0.29) is 17.5 Å². The van der Waals surface area contributed by atoms with Crippen molar-refractivity contribution in [1.82, 2.24) is 0 Å². The topological polar surface area (TPSA) is 6.89 Å². The molecule has 0 amide bonds. The Balaban J connectivity index is 1.60. The van der Waals surface area contributed by atoms with Crippen molar-refractivity contribution < 1.29 is 9.14 Å². The number of unbranched alkanes of at least 4 members (excludes halogenated alkanes) is 1. The molecule has 1 aliphatic heterocycles. The molecule has 1 aliphatic carbocycles. The predicted octanol–water partition coefficient (Wildman–Crippen LogP) is 10.6. The van der Waals surface area contributed by atoms with Gasteiger partial charge in [-0.3, -0.25) is 0 Å². The minimum absolute atomic E-state index is 0.0110. The van der Waals surface area contributed by atoms with Gasteiger partial charge in [-0.05, 0) is 56.7 Å². The van der Waals surface area contributed by atoms with Crippen LogP contribution in [0.3, 0.4) is 0 Å². The predicted molar refractivity (Wildman–Crippen MR) is 183 cm³/mol. The molecule has 43 heavy (non-hydrogen) atoms. The molecule has 1 aromatic heterocycles. The smallest absolute Gasteiger partial charge is 0.213 e. The molecule has 3 unspecified atom stereocenters. The maximum absolute atomic E-state index is 2.58. The summed E-state index contributed by atoms with van der Waals surface area (Å²) in [7, 11) is 2.32. The number of benzene rings is 2. The van der Waals surface area contributed by atoms with Crippen molar-refractivity contribution in [1.29, 1.82) is 0 Å². The number of fused-ring (bicyclic) bond motifs is 3. The molecule has 2 aliphatic rings. The molecule has 2 heteroatoms. The van der Waals surface area contributed by atoms with Crippen LogP contribution in [0.15, 0.2) is 84.6 Å². The fourth-order valence-corrected chi connectivity index (χ4v) is 8.83. The van der Waals surface area contributed by atoms with Crippen LogP contribution in [-0.2, 0) is 5.41 Å². The van der Waals surface area contributed by atoms with Gasteiger partial charge in [-0.2, -0.15) is 4.57 Å². The monoisotopic (exact) mass is 576 g/mol. The van der Waals surface area contributed by atoms with Gasteiger partial charge in [0.2, 0.25) is 5.69 Å². The minimum atomic E-state index is -0.0110. The van der Waals surface area contributed by atoms with E-state index in [0.29, 0.717) is 5.41 Å². The average molecular weight is 577 g/mol. The van der Waals surface area contributed by atoms with E-state index in [2.05, 4.69) is 136 Å². The van der Waals surface area contributed by atoms with Crippen LogP contribution in [0.5, 0.6) is 0 Å². The summed E-state index contributed by atoms with van der Waals surface area (Å²) in [5.41, 5.74) is 9.10. The van der Waals surface area contributed by atoms with Gasteiger partial charge < -0.3 is 0 Å². The Labute approximate surface area is 262 Å². The maximum Gasteiger partial charge on any atom is 0.213 e. The summed E-state index contributed by atoms with van der Waals surface area (Å²) in [5.74, 6) is 0. The second-order valence-corrected chi connectivity index (χ2v) is 13.5. The minimum Gasteiger partial charge on any atom is -0.232 e. The summed E-state index contributed by atoms with van der Waals surface area (Å²) in [6.07, 6.45) is 21.4. The molecule has 0 bridgehead atoms. The molecule has 1 saturated carbocycles. The Bertz CT molecular complexity index is 1390. The lowest BCUT2D eigenvalue weighted by Gasteiger charge is -2.38. The zero-order chi connectivity index (χ0) is 30.5. The quantitative estimate of drug-likeness (QED) is 0.150. The van der Waals surface area contributed by atoms with Crippen LogP contribution in [0.4, 0.5) is 0 Å². The molecule has 2 nitrogen and oxygen atoms in total. The van der Waals surface area contributed by atoms with E-state index in [1.165, 1.54) is 79.3 Å². The van der Waals surface area contributed by atoms with Crippen molar-refractivity contribution >= 4 is 6.21 Å². The third-order valence-corrected chi connectivity index (χ3v) is 11.2. The highest BCUT2D eigenvalue weighted by Crippen LogP contribution is 2.51. The lowest BCUT2D eigenvalue weighted by molar-refractivity contribution is -0.707. The van der Waals surface area contributed by atoms with Crippen molar-refractivity contribution in [3.63, 3.8) is 0 Å². The van der Waals surface area contributed by atoms with Crippen molar-refractivity contribution in [2.75, 3.05) is 7.05 Å². The first-order chi connectivity index (χ1) is 21.0. The van der Waals surface area contributed by atoms with Gasteiger partial charge in [-0.15, -0.1) is 0 Å². The highest BCUT2D eigenvalue weighted by atomic mass is 15.1. The molecule has 3 aromatic rings. The summed E-state index contributed by atoms with van der Waals surface area (Å²) in [4.78, 5) is 0. The molecule has 0 saturated heterocycles. The number of hydrogen-bond acceptors (Lipinski definition) is 0. The lowest BCUT2D eigenvalue weighted by Crippen LogP contribution is -2.50. The molecule has 2 heterocycles. The number of rotatable bonds is 12. The summed E-state index contributed by atoms with van der Waals surface area (Å²) in [6, 6.07) is 25.8. The van der Waals surface area contributed by atoms with E-state index in [0.717, 1.165) is 19.3 Å². The van der Waals surface area contributed by atoms with Crippen LogP contribution >= 0.6 is 0 Å². The molecule has 1 fully saturated rings. The number of hydrogen-bond donors (Lipinski definition) is 0. The van der Waals surface area contributed by atoms with Crippen molar-refractivity contribution in [3.05, 3.63) is 101 Å². The fraction of sp³-hybridized carbons (Fsp3) is 0.512. The molecule has 228 valence electrons. The molecular weight excluding hydrogens is 520 g/mol. The van der Waals surface area contributed by atoms with Gasteiger partial charge in [0.25, 0.3) is 0 Å². The number of pyridine rings is 1. The standard InChI is InChI=1S/C41H56N2/c1-7-11-27-40(28-18-12-19-29-40)33(9-3)31-42(6)32(5)34-21-15-16-24-37(34)41(10-4,26-8-2)39-36-23-14-13-22-35(36)38-25-17-20-30-43(38)39/h9,13-17,20-25,30-32,39H,7-8,10-12,18-19,26-29H2,1-6H3/q+2. The first-order valence-electron chi connectivity index (χ1n) is 17.4. The van der Waals surface area contributed by atoms with E-state index in [9.17, 15) is 0 Å². The number of nitrogens with zero attached hydrogens (tertiary/aromatic N) is 2. The van der Waals surface area contributed by atoms with E-state index in [4.69, 9.17) is 0 Å². The number of allylic oxidation sites excluding steroid dienone is 2. The van der Waals surface area contributed by atoms with Gasteiger partial charge in [0.1, 0.15) is 7.05 Å². The zero-order valence-corrected chi connectivity index (χ0v) is 27.9. The molecule has 5 rings (SSSR count). The van der Waals surface area contributed by atoms with Crippen molar-refractivity contribution in [3.8, 4) is 11.3 Å². The SMILES string of the molecule is CC=C(C=[N+](C)C(C)c1ccccc1C(CC)(CCC)C1c2ccccc2-c2cccc[n+]21)C1(CCCC)CCCCC1. The summed E-state index contributed by atoms with van der Waals surface area (Å²) < 4.78 is 5.12. The maximum atomic E-state index is 2.58. The van der Waals surface area contributed by atoms with Crippen LogP contribution in [0.2, 0.25) is 0 Å². The van der Waals surface area contributed by atoms with E-state index >= 15 is 0 Å². The first-order valence-corrected chi connectivity index (χ1v) is 17.4. The van der Waals surface area contributed by atoms with E-state index in [1.54, 1.807) is 5.57 Å². The van der Waals surface area contributed by atoms with Crippen LogP contribution in [0, 0.1) is 5.41 Å². The lowest BCUT2D eigenvalue weighted by atomic mass is 9.65. The summed E-state index contributed by atoms with van der Waals surface area (Å²) in [6.45, 7) is 11.8. The highest BCUT2D eigenvalue weighted by molar-refractivity contribution is 5.76. The molecule has 2 aromatic carbocycles. The summed E-state index contributed by atoms with van der Waals surface area (Å²) in [5, 5.41) is 0. The second-order valence-electron chi connectivity index (χ2n) is 13.5. The van der Waals surface area contributed by atoms with Gasteiger partial charge in [0.05, 0.1) is 11.0 Å². The van der Waals surface area contributed by atoms with Crippen LogP contribution in [-0.4, -0.2) is 17.8 Å². The van der Waals surface area contributed by atoms with E-state index < -0.39 is 0 Å². The van der Waals surface area contributed by atoms with Gasteiger partial charge in [0, 0.05) is 41.2 Å². The average Bonchev–Trinajstić information content (AvgIpc) is 3.40. The van der Waals surface area contributed by atoms with Crippen LogP contribution < -0.4 is 4.57 Å². The van der Waals surface area contributed by atoms with Gasteiger partial charge in [0.15, 0.2) is 24.5 Å². The normalized spacial score (nSPS) is 20.3.